The van der Waals surface area contributed by atoms with E-state index in [4.69, 9.17) is 19.3 Å². The van der Waals surface area contributed by atoms with Crippen molar-refractivity contribution in [3.8, 4) is 28.7 Å². The summed E-state index contributed by atoms with van der Waals surface area (Å²) in [5.74, 6) is -3.50. The third-order valence-electron chi connectivity index (χ3n) is 2.14. The van der Waals surface area contributed by atoms with Gasteiger partial charge in [0.05, 0.1) is 21.3 Å². The third kappa shape index (κ3) is 1.86. The fraction of sp³-hybridized carbons (Fsp3) is 0.300. The molecule has 0 aromatic heterocycles. The first-order valence-corrected chi connectivity index (χ1v) is 4.46. The lowest BCUT2D eigenvalue weighted by Gasteiger charge is -2.16. The van der Waals surface area contributed by atoms with Crippen molar-refractivity contribution in [3.05, 3.63) is 5.56 Å². The second-order valence-electron chi connectivity index (χ2n) is 2.98. The zero-order valence-corrected chi connectivity index (χ0v) is 9.47. The van der Waals surface area contributed by atoms with Crippen molar-refractivity contribution in [3.63, 3.8) is 0 Å². The largest absolute Gasteiger partial charge is 0.503 e. The molecule has 17 heavy (non-hydrogen) atoms. The molecule has 0 bridgehead atoms. The van der Waals surface area contributed by atoms with Crippen LogP contribution in [0.1, 0.15) is 10.4 Å². The summed E-state index contributed by atoms with van der Waals surface area (Å²) in [5, 5.41) is 28.2. The maximum Gasteiger partial charge on any atom is 0.343 e. The first-order chi connectivity index (χ1) is 7.99. The van der Waals surface area contributed by atoms with Gasteiger partial charge in [-0.25, -0.2) is 4.79 Å². The smallest absolute Gasteiger partial charge is 0.343 e. The SMILES string of the molecule is COc1c(O)c(C(=O)O)c(O)c(OC)c1OC. The molecule has 1 aromatic carbocycles. The number of carboxylic acid groups (broad SMARTS) is 1. The lowest BCUT2D eigenvalue weighted by Crippen LogP contribution is -2.03. The summed E-state index contributed by atoms with van der Waals surface area (Å²) in [6.45, 7) is 0. The number of hydrogen-bond donors (Lipinski definition) is 3. The first-order valence-electron chi connectivity index (χ1n) is 4.46. The molecule has 1 rings (SSSR count). The van der Waals surface area contributed by atoms with Crippen LogP contribution < -0.4 is 14.2 Å². The maximum atomic E-state index is 10.9. The van der Waals surface area contributed by atoms with Crippen LogP contribution in [0.2, 0.25) is 0 Å². The summed E-state index contributed by atoms with van der Waals surface area (Å²) in [6.07, 6.45) is 0. The molecular formula is C10H12O7. The van der Waals surface area contributed by atoms with Crippen LogP contribution in [0.3, 0.4) is 0 Å². The minimum absolute atomic E-state index is 0.0880. The Morgan fingerprint density at radius 2 is 1.24 bits per heavy atom. The number of benzene rings is 1. The van der Waals surface area contributed by atoms with Crippen LogP contribution in [0.25, 0.3) is 0 Å². The molecule has 1 aromatic rings. The average molecular weight is 244 g/mol. The Bertz CT molecular complexity index is 421. The molecule has 0 saturated heterocycles. The Morgan fingerprint density at radius 3 is 1.47 bits per heavy atom. The van der Waals surface area contributed by atoms with Crippen molar-refractivity contribution in [1.82, 2.24) is 0 Å². The van der Waals surface area contributed by atoms with E-state index >= 15 is 0 Å². The van der Waals surface area contributed by atoms with Gasteiger partial charge in [-0.3, -0.25) is 0 Å². The van der Waals surface area contributed by atoms with Crippen LogP contribution in [0.15, 0.2) is 0 Å². The molecule has 7 heteroatoms. The molecule has 0 atom stereocenters. The summed E-state index contributed by atoms with van der Waals surface area (Å²) in [6, 6.07) is 0. The van der Waals surface area contributed by atoms with E-state index in [1.807, 2.05) is 0 Å². The van der Waals surface area contributed by atoms with Crippen molar-refractivity contribution >= 4 is 5.97 Å². The molecule has 0 aliphatic rings. The summed E-state index contributed by atoms with van der Waals surface area (Å²) in [5.41, 5.74) is -0.709. The van der Waals surface area contributed by atoms with Crippen molar-refractivity contribution in [1.29, 1.82) is 0 Å². The van der Waals surface area contributed by atoms with Crippen LogP contribution in [0.4, 0.5) is 0 Å². The Morgan fingerprint density at radius 1 is 0.882 bits per heavy atom. The minimum Gasteiger partial charge on any atom is -0.503 e. The molecule has 0 saturated carbocycles. The van der Waals surface area contributed by atoms with E-state index in [1.54, 1.807) is 0 Å². The third-order valence-corrected chi connectivity index (χ3v) is 2.14. The number of phenols is 2. The summed E-state index contributed by atoms with van der Waals surface area (Å²) >= 11 is 0. The number of hydrogen-bond acceptors (Lipinski definition) is 6. The highest BCUT2D eigenvalue weighted by Crippen LogP contribution is 2.52. The zero-order chi connectivity index (χ0) is 13.2. The van der Waals surface area contributed by atoms with Gasteiger partial charge in [0, 0.05) is 0 Å². The molecule has 0 heterocycles. The molecule has 0 spiro atoms. The number of aromatic carboxylic acids is 1. The number of ether oxygens (including phenoxy) is 3. The highest BCUT2D eigenvalue weighted by molar-refractivity contribution is 5.97. The minimum atomic E-state index is -1.51. The predicted molar refractivity (Wildman–Crippen MR) is 56.4 cm³/mol. The Hall–Kier alpha value is -2.31. The lowest BCUT2D eigenvalue weighted by atomic mass is 10.1. The summed E-state index contributed by atoms with van der Waals surface area (Å²) in [4.78, 5) is 10.9. The molecular weight excluding hydrogens is 232 g/mol. The molecule has 0 aliphatic heterocycles. The van der Waals surface area contributed by atoms with Crippen molar-refractivity contribution in [2.75, 3.05) is 21.3 Å². The van der Waals surface area contributed by atoms with E-state index in [1.165, 1.54) is 21.3 Å². The van der Waals surface area contributed by atoms with Crippen molar-refractivity contribution < 1.29 is 34.3 Å². The molecule has 0 unspecified atom stereocenters. The average Bonchev–Trinajstić information content (AvgIpc) is 2.27. The van der Waals surface area contributed by atoms with Gasteiger partial charge < -0.3 is 29.5 Å². The molecule has 0 fully saturated rings. The molecule has 0 aliphatic carbocycles. The number of aromatic hydroxyl groups is 2. The molecule has 7 nitrogen and oxygen atoms in total. The fourth-order valence-corrected chi connectivity index (χ4v) is 1.42. The Kier molecular flexibility index (Phi) is 3.52. The van der Waals surface area contributed by atoms with E-state index in [0.717, 1.165) is 0 Å². The van der Waals surface area contributed by atoms with Gasteiger partial charge in [-0.1, -0.05) is 0 Å². The van der Waals surface area contributed by atoms with E-state index in [-0.39, 0.29) is 17.2 Å². The van der Waals surface area contributed by atoms with E-state index in [9.17, 15) is 15.0 Å². The van der Waals surface area contributed by atoms with E-state index in [0.29, 0.717) is 0 Å². The van der Waals surface area contributed by atoms with E-state index < -0.39 is 23.0 Å². The lowest BCUT2D eigenvalue weighted by molar-refractivity contribution is 0.0688. The van der Waals surface area contributed by atoms with Gasteiger partial charge in [-0.15, -0.1) is 0 Å². The van der Waals surface area contributed by atoms with E-state index in [2.05, 4.69) is 0 Å². The van der Waals surface area contributed by atoms with Gasteiger partial charge in [0.25, 0.3) is 0 Å². The van der Waals surface area contributed by atoms with Gasteiger partial charge in [0.1, 0.15) is 0 Å². The van der Waals surface area contributed by atoms with Gasteiger partial charge in [0.15, 0.2) is 17.1 Å². The standard InChI is InChI=1S/C10H12O7/c1-15-7-5(11)4(10(13)14)6(12)8(16-2)9(7)17-3/h11-12H,1-3H3,(H,13,14). The number of carboxylic acids is 1. The van der Waals surface area contributed by atoms with Crippen LogP contribution in [0.5, 0.6) is 28.7 Å². The van der Waals surface area contributed by atoms with Gasteiger partial charge in [0.2, 0.25) is 17.2 Å². The first kappa shape index (κ1) is 12.8. The van der Waals surface area contributed by atoms with Gasteiger partial charge >= 0.3 is 5.97 Å². The predicted octanol–water partition coefficient (Wildman–Crippen LogP) is 0.822. The maximum absolute atomic E-state index is 10.9. The summed E-state index contributed by atoms with van der Waals surface area (Å²) < 4.78 is 14.5. The second kappa shape index (κ2) is 4.69. The highest BCUT2D eigenvalue weighted by atomic mass is 16.5. The van der Waals surface area contributed by atoms with Gasteiger partial charge in [-0.05, 0) is 0 Å². The van der Waals surface area contributed by atoms with Crippen LogP contribution >= 0.6 is 0 Å². The van der Waals surface area contributed by atoms with Crippen molar-refractivity contribution in [2.45, 2.75) is 0 Å². The monoisotopic (exact) mass is 244 g/mol. The normalized spacial score (nSPS) is 9.82. The topological polar surface area (TPSA) is 105 Å². The highest BCUT2D eigenvalue weighted by Gasteiger charge is 2.29. The van der Waals surface area contributed by atoms with Crippen molar-refractivity contribution in [2.24, 2.45) is 0 Å². The number of methoxy groups -OCH3 is 3. The quantitative estimate of drug-likeness (QED) is 0.719. The van der Waals surface area contributed by atoms with Crippen LogP contribution in [-0.4, -0.2) is 42.6 Å². The van der Waals surface area contributed by atoms with Gasteiger partial charge in [-0.2, -0.15) is 0 Å². The second-order valence-corrected chi connectivity index (χ2v) is 2.98. The Labute approximate surface area is 96.8 Å². The van der Waals surface area contributed by atoms with Crippen LogP contribution in [-0.2, 0) is 0 Å². The number of rotatable bonds is 4. The zero-order valence-electron chi connectivity index (χ0n) is 9.47. The molecule has 3 N–H and O–H groups in total. The summed E-state index contributed by atoms with van der Waals surface area (Å²) in [7, 11) is 3.71. The molecule has 0 radical (unpaired) electrons. The molecule has 94 valence electrons. The number of carbonyl (C=O) groups is 1. The van der Waals surface area contributed by atoms with Crippen LogP contribution in [0, 0.1) is 0 Å². The fourth-order valence-electron chi connectivity index (χ4n) is 1.42. The Balaban J connectivity index is 3.73. The molecule has 0 amide bonds.